The summed E-state index contributed by atoms with van der Waals surface area (Å²) in [7, 11) is 0. The first kappa shape index (κ1) is 29.1. The fourth-order valence-electron chi connectivity index (χ4n) is 5.58. The number of hydrogen-bond acceptors (Lipinski definition) is 0. The fraction of sp³-hybridized carbons (Fsp3) is 0.543. The van der Waals surface area contributed by atoms with Crippen LogP contribution < -0.4 is 0 Å². The molecule has 1 aliphatic rings. The molecule has 3 rings (SSSR count). The maximum Gasteiger partial charge on any atom is 0.211 e. The van der Waals surface area contributed by atoms with Gasteiger partial charge in [-0.1, -0.05) is 96.9 Å². The molecule has 2 nitrogen and oxygen atoms in total. The molecule has 2 aromatic rings. The molecule has 37 heavy (non-hydrogen) atoms. The number of allylic oxidation sites excluding steroid dienone is 2. The predicted molar refractivity (Wildman–Crippen MR) is 160 cm³/mol. The van der Waals surface area contributed by atoms with Gasteiger partial charge in [-0.2, -0.15) is 0 Å². The van der Waals surface area contributed by atoms with Gasteiger partial charge in [-0.3, -0.25) is 0 Å². The summed E-state index contributed by atoms with van der Waals surface area (Å²) < 4.78 is 1.55. The van der Waals surface area contributed by atoms with E-state index >= 15 is 0 Å². The van der Waals surface area contributed by atoms with Crippen molar-refractivity contribution in [2.24, 2.45) is 0 Å². The van der Waals surface area contributed by atoms with E-state index in [4.69, 9.17) is 0 Å². The molecule has 200 valence electrons. The zero-order valence-corrected chi connectivity index (χ0v) is 24.1. The van der Waals surface area contributed by atoms with E-state index in [2.05, 4.69) is 76.2 Å². The Balaban J connectivity index is 2.01. The van der Waals surface area contributed by atoms with Gasteiger partial charge in [0, 0.05) is 22.3 Å². The molecule has 0 amide bonds. The van der Waals surface area contributed by atoms with Gasteiger partial charge in [0.2, 0.25) is 11.4 Å². The minimum absolute atomic E-state index is 1.01. The first-order valence-electron chi connectivity index (χ1n) is 15.3. The first-order valence-corrected chi connectivity index (χ1v) is 15.3. The van der Waals surface area contributed by atoms with Crippen LogP contribution in [0.25, 0.3) is 16.9 Å². The van der Waals surface area contributed by atoms with Gasteiger partial charge in [0.1, 0.15) is 0 Å². The fourth-order valence-corrected chi connectivity index (χ4v) is 5.58. The van der Waals surface area contributed by atoms with Crippen molar-refractivity contribution < 1.29 is 4.70 Å². The normalized spacial score (nSPS) is 13.8. The first-order chi connectivity index (χ1) is 18.1. The largest absolute Gasteiger partial charge is 0.493 e. The molecule has 2 heteroatoms. The van der Waals surface area contributed by atoms with E-state index in [1.165, 1.54) is 67.2 Å². The predicted octanol–water partition coefficient (Wildman–Crippen LogP) is 11.1. The number of unbranched alkanes of at least 4 members (excludes halogenated alkanes) is 7. The monoisotopic (exact) mass is 498 g/mol. The van der Waals surface area contributed by atoms with Gasteiger partial charge in [0.25, 0.3) is 0 Å². The maximum absolute atomic E-state index is 11.9. The molecule has 0 bridgehead atoms. The minimum Gasteiger partial charge on any atom is -0.493 e. The van der Waals surface area contributed by atoms with Gasteiger partial charge >= 0.3 is 0 Å². The van der Waals surface area contributed by atoms with E-state index in [0.717, 1.165) is 73.9 Å². The topological polar surface area (TPSA) is 25.3 Å². The zero-order chi connectivity index (χ0) is 26.5. The van der Waals surface area contributed by atoms with E-state index in [9.17, 15) is 5.53 Å². The Morgan fingerprint density at radius 1 is 0.514 bits per heavy atom. The number of benzene rings is 2. The van der Waals surface area contributed by atoms with Gasteiger partial charge in [-0.05, 0) is 86.8 Å². The van der Waals surface area contributed by atoms with Crippen molar-refractivity contribution in [1.82, 2.24) is 0 Å². The number of rotatable bonds is 17. The van der Waals surface area contributed by atoms with Crippen molar-refractivity contribution in [3.8, 4) is 0 Å². The van der Waals surface area contributed by atoms with Crippen molar-refractivity contribution in [2.45, 2.75) is 124 Å². The van der Waals surface area contributed by atoms with Crippen molar-refractivity contribution in [1.29, 1.82) is 0 Å². The maximum atomic E-state index is 11.9. The molecule has 0 aliphatic carbocycles. The Bertz CT molecular complexity index is 1070. The summed E-state index contributed by atoms with van der Waals surface area (Å²) in [5, 5.41) is 0. The summed E-state index contributed by atoms with van der Waals surface area (Å²) in [5.41, 5.74) is 21.7. The van der Waals surface area contributed by atoms with E-state index in [1.807, 2.05) is 0 Å². The third-order valence-electron chi connectivity index (χ3n) is 7.71. The van der Waals surface area contributed by atoms with Crippen LogP contribution in [0.15, 0.2) is 59.7 Å². The molecule has 0 spiro atoms. The van der Waals surface area contributed by atoms with Crippen LogP contribution in [0, 0.1) is 0 Å². The van der Waals surface area contributed by atoms with E-state index < -0.39 is 0 Å². The van der Waals surface area contributed by atoms with Crippen LogP contribution >= 0.6 is 0 Å². The van der Waals surface area contributed by atoms with Crippen molar-refractivity contribution in [3.63, 3.8) is 0 Å². The average molecular weight is 499 g/mol. The molecule has 0 radical (unpaired) electrons. The Hall–Kier alpha value is -2.48. The second kappa shape index (κ2) is 15.7. The van der Waals surface area contributed by atoms with Gasteiger partial charge < -0.3 is 5.53 Å². The molecule has 0 unspecified atom stereocenters. The molecule has 0 saturated heterocycles. The third-order valence-corrected chi connectivity index (χ3v) is 7.71. The van der Waals surface area contributed by atoms with Crippen molar-refractivity contribution >= 4 is 11.4 Å². The summed E-state index contributed by atoms with van der Waals surface area (Å²) in [6, 6.07) is 17.9. The second-order valence-corrected chi connectivity index (χ2v) is 10.8. The minimum atomic E-state index is 1.01. The van der Waals surface area contributed by atoms with Gasteiger partial charge in [0.05, 0.1) is 0 Å². The number of nitrogens with zero attached hydrogens (tertiary/aromatic N) is 2. The number of aryl methyl sites for hydroxylation is 2. The van der Waals surface area contributed by atoms with Gasteiger partial charge in [-0.25, -0.2) is 4.70 Å². The Labute approximate surface area is 227 Å². The Morgan fingerprint density at radius 2 is 0.946 bits per heavy atom. The standard InChI is InChI=1S/C35H50N2/c1-5-9-13-15-19-29-21-17-23-31(27-29)35-33(25-12-8-4)32(24-11-7-3)34(37(35)36)30-22-16-20-28(26-30)18-14-10-6-2/h16-17,20-23,26-27H,5-15,18-19,24-25H2,1-4H3. The van der Waals surface area contributed by atoms with Crippen LogP contribution in [0.2, 0.25) is 0 Å². The summed E-state index contributed by atoms with van der Waals surface area (Å²) in [4.78, 5) is 0. The van der Waals surface area contributed by atoms with E-state index in [0.29, 0.717) is 0 Å². The van der Waals surface area contributed by atoms with Crippen LogP contribution in [0.1, 0.15) is 133 Å². The van der Waals surface area contributed by atoms with Crippen LogP contribution in [-0.2, 0) is 12.8 Å². The molecular weight excluding hydrogens is 448 g/mol. The quantitative estimate of drug-likeness (QED) is 0.153. The van der Waals surface area contributed by atoms with E-state index in [-0.39, 0.29) is 0 Å². The van der Waals surface area contributed by atoms with Crippen LogP contribution in [0.3, 0.4) is 0 Å². The average Bonchev–Trinajstić information content (AvgIpc) is 3.19. The van der Waals surface area contributed by atoms with E-state index in [1.54, 1.807) is 4.70 Å². The van der Waals surface area contributed by atoms with Crippen LogP contribution in [0.4, 0.5) is 0 Å². The molecule has 0 aromatic heterocycles. The van der Waals surface area contributed by atoms with Gasteiger partial charge in [-0.15, -0.1) is 0 Å². The molecule has 0 N–H and O–H groups in total. The highest BCUT2D eigenvalue weighted by atomic mass is 15.2. The molecule has 0 fully saturated rings. The Morgan fingerprint density at radius 3 is 1.41 bits per heavy atom. The molecule has 2 aromatic carbocycles. The molecule has 1 heterocycles. The summed E-state index contributed by atoms with van der Waals surface area (Å²) in [6.45, 7) is 9.05. The van der Waals surface area contributed by atoms with Crippen LogP contribution in [0.5, 0.6) is 0 Å². The molecular formula is C35H50N2. The highest BCUT2D eigenvalue weighted by Gasteiger charge is 2.35. The highest BCUT2D eigenvalue weighted by molar-refractivity contribution is 5.82. The smallest absolute Gasteiger partial charge is 0.211 e. The second-order valence-electron chi connectivity index (χ2n) is 10.8. The molecule has 1 aliphatic heterocycles. The lowest BCUT2D eigenvalue weighted by Gasteiger charge is -2.12. The van der Waals surface area contributed by atoms with Crippen molar-refractivity contribution in [2.75, 3.05) is 0 Å². The third kappa shape index (κ3) is 8.00. The Kier molecular flexibility index (Phi) is 12.3. The molecule has 0 atom stereocenters. The number of hydrogen-bond donors (Lipinski definition) is 0. The highest BCUT2D eigenvalue weighted by Crippen LogP contribution is 2.44. The van der Waals surface area contributed by atoms with Crippen molar-refractivity contribution in [3.05, 3.63) is 87.5 Å². The molecule has 0 saturated carbocycles. The summed E-state index contributed by atoms with van der Waals surface area (Å²) in [6.07, 6.45) is 17.7. The summed E-state index contributed by atoms with van der Waals surface area (Å²) >= 11 is 0. The SMILES string of the molecule is CCCCCCc1cccc(C2=C(CCCC)C(CCCC)=C(c3cccc(CCCCC)c3)[N+]2=[N-])c1. The zero-order valence-electron chi connectivity index (χ0n) is 24.1. The lowest BCUT2D eigenvalue weighted by atomic mass is 9.91. The van der Waals surface area contributed by atoms with Gasteiger partial charge in [0.15, 0.2) is 0 Å². The summed E-state index contributed by atoms with van der Waals surface area (Å²) in [5.74, 6) is 0. The lowest BCUT2D eigenvalue weighted by molar-refractivity contribution is -0.345. The lowest BCUT2D eigenvalue weighted by Crippen LogP contribution is -2.03. The van der Waals surface area contributed by atoms with Crippen LogP contribution in [-0.4, -0.2) is 4.70 Å².